The van der Waals surface area contributed by atoms with Gasteiger partial charge >= 0.3 is 0 Å². The average molecular weight is 431 g/mol. The van der Waals surface area contributed by atoms with Crippen LogP contribution < -0.4 is 14.2 Å². The summed E-state index contributed by atoms with van der Waals surface area (Å²) < 4.78 is 24.4. The summed E-state index contributed by atoms with van der Waals surface area (Å²) in [5, 5.41) is 0. The molecule has 0 amide bonds. The lowest BCUT2D eigenvalue weighted by atomic mass is 10.0. The van der Waals surface area contributed by atoms with Crippen molar-refractivity contribution in [2.45, 2.75) is 45.5 Å². The third-order valence-electron chi connectivity index (χ3n) is 5.06. The van der Waals surface area contributed by atoms with Crippen molar-refractivity contribution in [1.82, 2.24) is 0 Å². The Labute approximate surface area is 190 Å². The van der Waals surface area contributed by atoms with Crippen molar-refractivity contribution < 1.29 is 18.9 Å². The van der Waals surface area contributed by atoms with Crippen molar-refractivity contribution in [3.05, 3.63) is 96.1 Å². The summed E-state index contributed by atoms with van der Waals surface area (Å²) in [5.74, 6) is 3.02. The van der Waals surface area contributed by atoms with Gasteiger partial charge in [0.25, 0.3) is 0 Å². The first-order valence-electron chi connectivity index (χ1n) is 10.9. The van der Waals surface area contributed by atoms with Gasteiger partial charge in [0, 0.05) is 17.5 Å². The van der Waals surface area contributed by atoms with E-state index in [2.05, 4.69) is 18.7 Å². The topological polar surface area (TPSA) is 36.9 Å². The summed E-state index contributed by atoms with van der Waals surface area (Å²) in [6, 6.07) is 23.9. The Bertz CT molecular complexity index is 1050. The number of para-hydroxylation sites is 1. The van der Waals surface area contributed by atoms with Crippen molar-refractivity contribution in [2.24, 2.45) is 0 Å². The van der Waals surface area contributed by atoms with Crippen molar-refractivity contribution in [3.8, 4) is 17.2 Å². The zero-order valence-electron chi connectivity index (χ0n) is 19.0. The fraction of sp³-hybridized carbons (Fsp3) is 0.286. The molecule has 166 valence electrons. The van der Waals surface area contributed by atoms with Gasteiger partial charge in [-0.05, 0) is 50.6 Å². The summed E-state index contributed by atoms with van der Waals surface area (Å²) in [4.78, 5) is 0. The van der Waals surface area contributed by atoms with E-state index in [4.69, 9.17) is 18.9 Å². The predicted molar refractivity (Wildman–Crippen MR) is 127 cm³/mol. The number of ether oxygens (including phenoxy) is 4. The second kappa shape index (κ2) is 9.39. The minimum Gasteiger partial charge on any atom is -0.490 e. The molecule has 1 heterocycles. The molecule has 3 aromatic carbocycles. The standard InChI is InChI=1S/C28H30O4/c1-20(32-28(2,3)4)22-15-26(30-18-21-11-7-5-8-12-21)25-17-24(31-27(25)16-22)19-29-23-13-9-6-10-14-23/h5-16,24H,1,17-19H2,2-4H3. The summed E-state index contributed by atoms with van der Waals surface area (Å²) >= 11 is 0. The monoisotopic (exact) mass is 430 g/mol. The normalized spacial score (nSPS) is 14.9. The van der Waals surface area contributed by atoms with Gasteiger partial charge in [-0.3, -0.25) is 0 Å². The molecule has 4 nitrogen and oxygen atoms in total. The molecule has 0 aliphatic carbocycles. The summed E-state index contributed by atoms with van der Waals surface area (Å²) in [5.41, 5.74) is 2.68. The number of benzene rings is 3. The molecule has 0 saturated carbocycles. The van der Waals surface area contributed by atoms with Crippen LogP contribution >= 0.6 is 0 Å². The van der Waals surface area contributed by atoms with Gasteiger partial charge in [-0.2, -0.15) is 0 Å². The molecule has 4 rings (SSSR count). The largest absolute Gasteiger partial charge is 0.490 e. The average Bonchev–Trinajstić information content (AvgIpc) is 3.19. The Hall–Kier alpha value is -3.40. The minimum atomic E-state index is -0.339. The molecular formula is C28H30O4. The van der Waals surface area contributed by atoms with E-state index in [1.54, 1.807) is 0 Å². The molecule has 0 aromatic heterocycles. The van der Waals surface area contributed by atoms with Crippen molar-refractivity contribution >= 4 is 5.76 Å². The molecule has 32 heavy (non-hydrogen) atoms. The van der Waals surface area contributed by atoms with Crippen LogP contribution in [0.15, 0.2) is 79.4 Å². The first-order valence-corrected chi connectivity index (χ1v) is 10.9. The van der Waals surface area contributed by atoms with Crippen LogP contribution in [-0.4, -0.2) is 18.3 Å². The third-order valence-corrected chi connectivity index (χ3v) is 5.06. The molecule has 0 bridgehead atoms. The number of hydrogen-bond donors (Lipinski definition) is 0. The molecule has 0 fully saturated rings. The molecule has 1 aliphatic heterocycles. The van der Waals surface area contributed by atoms with Gasteiger partial charge in [0.1, 0.15) is 47.9 Å². The summed E-state index contributed by atoms with van der Waals surface area (Å²) in [6.45, 7) is 11.1. The first-order chi connectivity index (χ1) is 15.4. The van der Waals surface area contributed by atoms with Crippen LogP contribution in [0.1, 0.15) is 37.5 Å². The van der Waals surface area contributed by atoms with Crippen LogP contribution in [0.4, 0.5) is 0 Å². The molecule has 0 N–H and O–H groups in total. The van der Waals surface area contributed by atoms with Gasteiger partial charge in [0.2, 0.25) is 0 Å². The lowest BCUT2D eigenvalue weighted by Gasteiger charge is -2.23. The second-order valence-corrected chi connectivity index (χ2v) is 8.93. The van der Waals surface area contributed by atoms with Crippen LogP contribution in [0.2, 0.25) is 0 Å². The van der Waals surface area contributed by atoms with Gasteiger partial charge in [-0.15, -0.1) is 0 Å². The van der Waals surface area contributed by atoms with Crippen molar-refractivity contribution in [1.29, 1.82) is 0 Å². The van der Waals surface area contributed by atoms with Gasteiger partial charge in [-0.25, -0.2) is 0 Å². The summed E-state index contributed by atoms with van der Waals surface area (Å²) in [6.07, 6.45) is 0.635. The van der Waals surface area contributed by atoms with E-state index in [9.17, 15) is 0 Å². The van der Waals surface area contributed by atoms with E-state index in [-0.39, 0.29) is 11.7 Å². The zero-order valence-corrected chi connectivity index (χ0v) is 19.0. The molecule has 1 aliphatic rings. The maximum atomic E-state index is 6.25. The molecular weight excluding hydrogens is 400 g/mol. The Morgan fingerprint density at radius 3 is 2.34 bits per heavy atom. The summed E-state index contributed by atoms with van der Waals surface area (Å²) in [7, 11) is 0. The number of rotatable bonds is 8. The number of fused-ring (bicyclic) bond motifs is 1. The van der Waals surface area contributed by atoms with Gasteiger partial charge < -0.3 is 18.9 Å². The Morgan fingerprint density at radius 2 is 1.66 bits per heavy atom. The van der Waals surface area contributed by atoms with E-state index in [1.807, 2.05) is 81.4 Å². The molecule has 0 radical (unpaired) electrons. The highest BCUT2D eigenvalue weighted by Gasteiger charge is 2.29. The first kappa shape index (κ1) is 21.8. The van der Waals surface area contributed by atoms with E-state index in [0.29, 0.717) is 19.0 Å². The molecule has 1 unspecified atom stereocenters. The number of hydrogen-bond acceptors (Lipinski definition) is 4. The lowest BCUT2D eigenvalue weighted by molar-refractivity contribution is 0.0974. The van der Waals surface area contributed by atoms with Gasteiger partial charge in [-0.1, -0.05) is 55.1 Å². The fourth-order valence-corrected chi connectivity index (χ4v) is 3.63. The Balaban J connectivity index is 1.54. The highest BCUT2D eigenvalue weighted by Crippen LogP contribution is 2.40. The van der Waals surface area contributed by atoms with Crippen LogP contribution in [-0.2, 0) is 17.8 Å². The Kier molecular flexibility index (Phi) is 6.40. The van der Waals surface area contributed by atoms with E-state index in [1.165, 1.54) is 0 Å². The molecule has 0 saturated heterocycles. The maximum Gasteiger partial charge on any atom is 0.137 e. The van der Waals surface area contributed by atoms with Crippen LogP contribution in [0.25, 0.3) is 5.76 Å². The quantitative estimate of drug-likeness (QED) is 0.386. The molecule has 0 spiro atoms. The van der Waals surface area contributed by atoms with Crippen molar-refractivity contribution in [2.75, 3.05) is 6.61 Å². The Morgan fingerprint density at radius 1 is 0.969 bits per heavy atom. The molecule has 3 aromatic rings. The predicted octanol–water partition coefficient (Wildman–Crippen LogP) is 6.43. The molecule has 1 atom stereocenters. The van der Waals surface area contributed by atoms with E-state index >= 15 is 0 Å². The van der Waals surface area contributed by atoms with Crippen LogP contribution in [0.5, 0.6) is 17.2 Å². The van der Waals surface area contributed by atoms with Crippen LogP contribution in [0, 0.1) is 0 Å². The third kappa shape index (κ3) is 5.64. The van der Waals surface area contributed by atoms with Crippen molar-refractivity contribution in [3.63, 3.8) is 0 Å². The highest BCUT2D eigenvalue weighted by molar-refractivity contribution is 5.65. The zero-order chi connectivity index (χ0) is 22.6. The highest BCUT2D eigenvalue weighted by atomic mass is 16.5. The SMILES string of the molecule is C=C(OC(C)(C)C)c1cc(OCc2ccccc2)c2c(c1)OC(COc1ccccc1)C2. The van der Waals surface area contributed by atoms with Gasteiger partial charge in [0.15, 0.2) is 0 Å². The molecule has 4 heteroatoms. The van der Waals surface area contributed by atoms with Crippen LogP contribution in [0.3, 0.4) is 0 Å². The maximum absolute atomic E-state index is 6.25. The smallest absolute Gasteiger partial charge is 0.137 e. The van der Waals surface area contributed by atoms with E-state index in [0.717, 1.165) is 40.4 Å². The van der Waals surface area contributed by atoms with E-state index < -0.39 is 0 Å². The second-order valence-electron chi connectivity index (χ2n) is 8.93. The lowest BCUT2D eigenvalue weighted by Crippen LogP contribution is -2.22. The minimum absolute atomic E-state index is 0.0867. The van der Waals surface area contributed by atoms with Gasteiger partial charge in [0.05, 0.1) is 0 Å². The fourth-order valence-electron chi connectivity index (χ4n) is 3.63.